The van der Waals surface area contributed by atoms with Crippen molar-refractivity contribution in [2.24, 2.45) is 0 Å². The molecule has 0 bridgehead atoms. The number of carbonyl (C=O) groups is 2. The van der Waals surface area contributed by atoms with Gasteiger partial charge < -0.3 is 10.1 Å². The number of ether oxygens (including phenoxy) is 1. The summed E-state index contributed by atoms with van der Waals surface area (Å²) in [5, 5.41) is 2.52. The zero-order chi connectivity index (χ0) is 10.4. The molecule has 1 unspecified atom stereocenters. The summed E-state index contributed by atoms with van der Waals surface area (Å²) >= 11 is 0. The summed E-state index contributed by atoms with van der Waals surface area (Å²) in [6.45, 7) is 6.75. The quantitative estimate of drug-likeness (QED) is 0.664. The number of hydrogen-bond donors (Lipinski definition) is 1. The van der Waals surface area contributed by atoms with Crippen molar-refractivity contribution in [1.29, 1.82) is 0 Å². The second kappa shape index (κ2) is 5.56. The van der Waals surface area contributed by atoms with Crippen LogP contribution < -0.4 is 5.32 Å². The molecule has 0 radical (unpaired) electrons. The Morgan fingerprint density at radius 1 is 1.38 bits per heavy atom. The van der Waals surface area contributed by atoms with E-state index in [0.29, 0.717) is 6.42 Å². The molecule has 1 atom stereocenters. The highest BCUT2D eigenvalue weighted by Crippen LogP contribution is 1.98. The Labute approximate surface area is 78.6 Å². The second-order valence-corrected chi connectivity index (χ2v) is 3.15. The largest absolute Gasteiger partial charge is 0.461 e. The van der Waals surface area contributed by atoms with Gasteiger partial charge in [0.15, 0.2) is 0 Å². The van der Waals surface area contributed by atoms with Crippen LogP contribution in [0.1, 0.15) is 34.1 Å². The average Bonchev–Trinajstić information content (AvgIpc) is 1.98. The molecule has 0 fully saturated rings. The van der Waals surface area contributed by atoms with Crippen LogP contribution in [0.15, 0.2) is 0 Å². The summed E-state index contributed by atoms with van der Waals surface area (Å²) in [7, 11) is 0. The lowest BCUT2D eigenvalue weighted by Crippen LogP contribution is -2.41. The highest BCUT2D eigenvalue weighted by Gasteiger charge is 2.19. The Hall–Kier alpha value is -1.06. The fourth-order valence-corrected chi connectivity index (χ4v) is 0.887. The van der Waals surface area contributed by atoms with Crippen molar-refractivity contribution in [1.82, 2.24) is 5.32 Å². The zero-order valence-electron chi connectivity index (χ0n) is 8.59. The molecule has 1 amide bonds. The van der Waals surface area contributed by atoms with Gasteiger partial charge in [-0.15, -0.1) is 0 Å². The van der Waals surface area contributed by atoms with Gasteiger partial charge in [-0.2, -0.15) is 0 Å². The van der Waals surface area contributed by atoms with Gasteiger partial charge in [0, 0.05) is 6.92 Å². The number of hydrogen-bond acceptors (Lipinski definition) is 3. The number of esters is 1. The Kier molecular flexibility index (Phi) is 5.11. The molecule has 0 aromatic rings. The summed E-state index contributed by atoms with van der Waals surface area (Å²) in [6, 6.07) is -0.514. The maximum Gasteiger partial charge on any atom is 0.328 e. The molecule has 0 rings (SSSR count). The third-order valence-electron chi connectivity index (χ3n) is 1.42. The van der Waals surface area contributed by atoms with Crippen molar-refractivity contribution in [3.63, 3.8) is 0 Å². The van der Waals surface area contributed by atoms with Gasteiger partial charge in [-0.1, -0.05) is 6.92 Å². The third-order valence-corrected chi connectivity index (χ3v) is 1.42. The minimum Gasteiger partial charge on any atom is -0.461 e. The van der Waals surface area contributed by atoms with Crippen molar-refractivity contribution in [2.75, 3.05) is 0 Å². The van der Waals surface area contributed by atoms with E-state index in [1.165, 1.54) is 6.92 Å². The lowest BCUT2D eigenvalue weighted by atomic mass is 10.2. The van der Waals surface area contributed by atoms with Crippen molar-refractivity contribution >= 4 is 11.9 Å². The smallest absolute Gasteiger partial charge is 0.328 e. The molecule has 0 heterocycles. The van der Waals surface area contributed by atoms with E-state index in [4.69, 9.17) is 4.74 Å². The van der Waals surface area contributed by atoms with E-state index >= 15 is 0 Å². The topological polar surface area (TPSA) is 55.4 Å². The molecule has 0 saturated heterocycles. The van der Waals surface area contributed by atoms with Gasteiger partial charge in [-0.25, -0.2) is 4.79 Å². The van der Waals surface area contributed by atoms with E-state index < -0.39 is 6.04 Å². The molecule has 0 aromatic heterocycles. The van der Waals surface area contributed by atoms with Crippen LogP contribution in [0.25, 0.3) is 0 Å². The minimum atomic E-state index is -0.514. The molecule has 76 valence electrons. The van der Waals surface area contributed by atoms with Crippen molar-refractivity contribution in [2.45, 2.75) is 46.3 Å². The van der Waals surface area contributed by atoms with E-state index in [-0.39, 0.29) is 18.0 Å². The molecule has 0 saturated carbocycles. The molecule has 0 aliphatic heterocycles. The Bertz CT molecular complexity index is 189. The van der Waals surface area contributed by atoms with Crippen molar-refractivity contribution in [3.05, 3.63) is 0 Å². The number of amides is 1. The molecule has 0 aliphatic rings. The maximum atomic E-state index is 11.3. The molecule has 0 aliphatic carbocycles. The molecule has 0 spiro atoms. The first-order valence-corrected chi connectivity index (χ1v) is 4.45. The van der Waals surface area contributed by atoms with Gasteiger partial charge in [0.05, 0.1) is 6.10 Å². The van der Waals surface area contributed by atoms with Gasteiger partial charge in [-0.05, 0) is 20.3 Å². The van der Waals surface area contributed by atoms with Crippen LogP contribution in [0.5, 0.6) is 0 Å². The summed E-state index contributed by atoms with van der Waals surface area (Å²) in [5.41, 5.74) is 0. The predicted octanol–water partition coefficient (Wildman–Crippen LogP) is 0.853. The third kappa shape index (κ3) is 5.22. The van der Waals surface area contributed by atoms with Crippen LogP contribution >= 0.6 is 0 Å². The SMILES string of the molecule is CCC(NC(C)=O)C(=O)OC(C)C. The molecular weight excluding hydrogens is 170 g/mol. The van der Waals surface area contributed by atoms with Gasteiger partial charge in [-0.3, -0.25) is 4.79 Å². The second-order valence-electron chi connectivity index (χ2n) is 3.15. The summed E-state index contributed by atoms with van der Waals surface area (Å²) in [6.07, 6.45) is 0.404. The standard InChI is InChI=1S/C9H17NO3/c1-5-8(10-7(4)11)9(12)13-6(2)3/h6,8H,5H2,1-4H3,(H,10,11). The molecular formula is C9H17NO3. The van der Waals surface area contributed by atoms with Crippen LogP contribution in [0.4, 0.5) is 0 Å². The first kappa shape index (κ1) is 11.9. The number of carbonyl (C=O) groups excluding carboxylic acids is 2. The first-order valence-electron chi connectivity index (χ1n) is 4.45. The van der Waals surface area contributed by atoms with Crippen molar-refractivity contribution < 1.29 is 14.3 Å². The Balaban J connectivity index is 4.07. The van der Waals surface area contributed by atoms with Gasteiger partial charge >= 0.3 is 5.97 Å². The van der Waals surface area contributed by atoms with Gasteiger partial charge in [0.1, 0.15) is 6.04 Å². The lowest BCUT2D eigenvalue weighted by Gasteiger charge is -2.16. The fourth-order valence-electron chi connectivity index (χ4n) is 0.887. The van der Waals surface area contributed by atoms with E-state index in [2.05, 4.69) is 5.32 Å². The van der Waals surface area contributed by atoms with Crippen LogP contribution in [-0.2, 0) is 14.3 Å². The average molecular weight is 187 g/mol. The molecule has 4 heteroatoms. The zero-order valence-corrected chi connectivity index (χ0v) is 8.59. The Morgan fingerprint density at radius 3 is 2.23 bits per heavy atom. The molecule has 4 nitrogen and oxygen atoms in total. The molecule has 0 aromatic carbocycles. The minimum absolute atomic E-state index is 0.143. The van der Waals surface area contributed by atoms with Crippen LogP contribution in [0.2, 0.25) is 0 Å². The highest BCUT2D eigenvalue weighted by atomic mass is 16.5. The van der Waals surface area contributed by atoms with E-state index in [1.807, 2.05) is 6.92 Å². The number of rotatable bonds is 4. The fraction of sp³-hybridized carbons (Fsp3) is 0.778. The predicted molar refractivity (Wildman–Crippen MR) is 49.1 cm³/mol. The molecule has 13 heavy (non-hydrogen) atoms. The van der Waals surface area contributed by atoms with Crippen LogP contribution in [0, 0.1) is 0 Å². The Morgan fingerprint density at radius 2 is 1.92 bits per heavy atom. The van der Waals surface area contributed by atoms with E-state index in [1.54, 1.807) is 13.8 Å². The number of nitrogens with one attached hydrogen (secondary N) is 1. The summed E-state index contributed by atoms with van der Waals surface area (Å²) in [4.78, 5) is 22.0. The van der Waals surface area contributed by atoms with Crippen LogP contribution in [0.3, 0.4) is 0 Å². The molecule has 1 N–H and O–H groups in total. The van der Waals surface area contributed by atoms with Crippen LogP contribution in [-0.4, -0.2) is 24.0 Å². The normalized spacial score (nSPS) is 12.4. The van der Waals surface area contributed by atoms with E-state index in [0.717, 1.165) is 0 Å². The van der Waals surface area contributed by atoms with E-state index in [9.17, 15) is 9.59 Å². The highest BCUT2D eigenvalue weighted by molar-refractivity contribution is 5.83. The summed E-state index contributed by atoms with van der Waals surface area (Å²) in [5.74, 6) is -0.583. The summed E-state index contributed by atoms with van der Waals surface area (Å²) < 4.78 is 4.95. The lowest BCUT2D eigenvalue weighted by molar-refractivity contribution is -0.151. The van der Waals surface area contributed by atoms with Gasteiger partial charge in [0.25, 0.3) is 0 Å². The maximum absolute atomic E-state index is 11.3. The first-order chi connectivity index (χ1) is 5.97. The van der Waals surface area contributed by atoms with Crippen molar-refractivity contribution in [3.8, 4) is 0 Å². The van der Waals surface area contributed by atoms with Gasteiger partial charge in [0.2, 0.25) is 5.91 Å². The monoisotopic (exact) mass is 187 g/mol.